The van der Waals surface area contributed by atoms with Gasteiger partial charge in [-0.15, -0.1) is 0 Å². The fraction of sp³-hybridized carbons (Fsp3) is 0.385. The smallest absolute Gasteiger partial charge is 0.434 e. The Labute approximate surface area is 110 Å². The molecular weight excluding hydrogens is 282 g/mol. The highest BCUT2D eigenvalue weighted by Crippen LogP contribution is 2.16. The van der Waals surface area contributed by atoms with E-state index in [1.807, 2.05) is 45.9 Å². The van der Waals surface area contributed by atoms with Gasteiger partial charge in [0.25, 0.3) is 0 Å². The minimum Gasteiger partial charge on any atom is -0.442 e. The molecule has 0 fully saturated rings. The molecule has 0 spiro atoms. The highest BCUT2D eigenvalue weighted by atomic mass is 79.9. The quantitative estimate of drug-likeness (QED) is 0.732. The van der Waals surface area contributed by atoms with Crippen LogP contribution in [0.2, 0.25) is 0 Å². The van der Waals surface area contributed by atoms with E-state index >= 15 is 0 Å². The molecule has 0 heterocycles. The predicted molar refractivity (Wildman–Crippen MR) is 72.7 cm³/mol. The van der Waals surface area contributed by atoms with Crippen LogP contribution in [0.5, 0.6) is 0 Å². The van der Waals surface area contributed by atoms with E-state index in [1.54, 1.807) is 0 Å². The predicted octanol–water partition coefficient (Wildman–Crippen LogP) is 4.11. The lowest BCUT2D eigenvalue weighted by molar-refractivity contribution is 0.0605. The van der Waals surface area contributed by atoms with Crippen molar-refractivity contribution in [3.63, 3.8) is 0 Å². The molecule has 0 aliphatic carbocycles. The van der Waals surface area contributed by atoms with E-state index < -0.39 is 11.7 Å². The van der Waals surface area contributed by atoms with Crippen LogP contribution >= 0.6 is 15.9 Å². The second kappa shape index (κ2) is 5.45. The van der Waals surface area contributed by atoms with E-state index in [9.17, 15) is 4.79 Å². The van der Waals surface area contributed by atoms with Gasteiger partial charge in [-0.25, -0.2) is 4.79 Å². The van der Waals surface area contributed by atoms with Crippen LogP contribution in [0.1, 0.15) is 31.9 Å². The third kappa shape index (κ3) is 5.13. The van der Waals surface area contributed by atoms with Crippen molar-refractivity contribution in [3.8, 4) is 0 Å². The van der Waals surface area contributed by atoms with Crippen LogP contribution in [-0.4, -0.2) is 17.9 Å². The highest BCUT2D eigenvalue weighted by molar-refractivity contribution is 9.10. The minimum absolute atomic E-state index is 0.512. The Kier molecular flexibility index (Phi) is 4.46. The summed E-state index contributed by atoms with van der Waals surface area (Å²) >= 11 is 3.42. The number of carbonyl (C=O) groups excluding carboxylic acids is 1. The number of nitrogens with zero attached hydrogens (tertiary/aromatic N) is 1. The van der Waals surface area contributed by atoms with E-state index in [1.165, 1.54) is 6.21 Å². The zero-order chi connectivity index (χ0) is 13.1. The second-order valence-corrected chi connectivity index (χ2v) is 5.60. The number of amides is 1. The summed E-state index contributed by atoms with van der Waals surface area (Å²) in [5.41, 5.74) is 1.48. The Bertz CT molecular complexity index is 447. The van der Waals surface area contributed by atoms with Crippen molar-refractivity contribution in [3.05, 3.63) is 33.8 Å². The summed E-state index contributed by atoms with van der Waals surface area (Å²) in [6.07, 6.45) is 0.923. The third-order valence-electron chi connectivity index (χ3n) is 1.91. The number of hydrogen-bond donors (Lipinski definition) is 0. The van der Waals surface area contributed by atoms with Gasteiger partial charge in [-0.1, -0.05) is 28.1 Å². The molecule has 0 N–H and O–H groups in total. The first-order chi connectivity index (χ1) is 7.78. The zero-order valence-corrected chi connectivity index (χ0v) is 12.0. The molecule has 92 valence electrons. The standard InChI is InChI=1S/C13H16BrNO2/c1-9-5-6-10(7-11(9)14)8-15-12(16)17-13(2,3)4/h5-8H,1-4H3. The maximum absolute atomic E-state index is 11.4. The van der Waals surface area contributed by atoms with E-state index in [4.69, 9.17) is 4.74 Å². The summed E-state index contributed by atoms with van der Waals surface area (Å²) in [5, 5.41) is 0. The van der Waals surface area contributed by atoms with E-state index in [0.717, 1.165) is 15.6 Å². The van der Waals surface area contributed by atoms with Gasteiger partial charge in [-0.3, -0.25) is 0 Å². The Morgan fingerprint density at radius 2 is 2.06 bits per heavy atom. The van der Waals surface area contributed by atoms with Gasteiger partial charge in [-0.05, 0) is 44.9 Å². The monoisotopic (exact) mass is 297 g/mol. The van der Waals surface area contributed by atoms with Crippen LogP contribution in [0.25, 0.3) is 0 Å². The third-order valence-corrected chi connectivity index (χ3v) is 2.76. The van der Waals surface area contributed by atoms with Crippen LogP contribution in [0.15, 0.2) is 27.7 Å². The number of halogens is 1. The fourth-order valence-corrected chi connectivity index (χ4v) is 1.50. The summed E-state index contributed by atoms with van der Waals surface area (Å²) in [7, 11) is 0. The van der Waals surface area contributed by atoms with Crippen molar-refractivity contribution in [1.29, 1.82) is 0 Å². The molecule has 0 saturated heterocycles. The number of ether oxygens (including phenoxy) is 1. The Morgan fingerprint density at radius 1 is 1.41 bits per heavy atom. The molecule has 0 unspecified atom stereocenters. The Morgan fingerprint density at radius 3 is 2.59 bits per heavy atom. The number of hydrogen-bond acceptors (Lipinski definition) is 2. The molecule has 0 saturated carbocycles. The van der Waals surface area contributed by atoms with Crippen LogP contribution in [-0.2, 0) is 4.74 Å². The first kappa shape index (κ1) is 13.9. The lowest BCUT2D eigenvalue weighted by Crippen LogP contribution is -2.21. The number of aryl methyl sites for hydroxylation is 1. The molecule has 0 atom stereocenters. The van der Waals surface area contributed by atoms with E-state index in [-0.39, 0.29) is 0 Å². The van der Waals surface area contributed by atoms with Crippen LogP contribution in [0.3, 0.4) is 0 Å². The average Bonchev–Trinajstić information content (AvgIpc) is 2.17. The molecule has 1 aromatic rings. The number of carbonyl (C=O) groups is 1. The molecule has 0 aliphatic rings. The number of rotatable bonds is 1. The summed E-state index contributed by atoms with van der Waals surface area (Å²) in [5.74, 6) is 0. The van der Waals surface area contributed by atoms with Crippen molar-refractivity contribution in [1.82, 2.24) is 0 Å². The summed E-state index contributed by atoms with van der Waals surface area (Å²) in [6, 6.07) is 5.76. The lowest BCUT2D eigenvalue weighted by atomic mass is 10.2. The first-order valence-corrected chi connectivity index (χ1v) is 6.10. The molecule has 0 aliphatic heterocycles. The maximum atomic E-state index is 11.4. The van der Waals surface area contributed by atoms with Gasteiger partial charge in [0.1, 0.15) is 5.60 Å². The number of benzene rings is 1. The topological polar surface area (TPSA) is 38.7 Å². The maximum Gasteiger partial charge on any atom is 0.434 e. The molecule has 1 amide bonds. The summed E-state index contributed by atoms with van der Waals surface area (Å²) in [4.78, 5) is 15.1. The Balaban J connectivity index is 2.71. The van der Waals surface area contributed by atoms with Gasteiger partial charge in [-0.2, -0.15) is 4.99 Å². The normalized spacial score (nSPS) is 11.8. The highest BCUT2D eigenvalue weighted by Gasteiger charge is 2.14. The molecule has 3 nitrogen and oxygen atoms in total. The van der Waals surface area contributed by atoms with Gasteiger partial charge >= 0.3 is 6.09 Å². The molecule has 0 aromatic heterocycles. The van der Waals surface area contributed by atoms with Crippen molar-refractivity contribution >= 4 is 28.2 Å². The summed E-state index contributed by atoms with van der Waals surface area (Å²) < 4.78 is 6.06. The molecule has 4 heteroatoms. The van der Waals surface area contributed by atoms with E-state index in [0.29, 0.717) is 0 Å². The molecule has 0 radical (unpaired) electrons. The van der Waals surface area contributed by atoms with Gasteiger partial charge in [0.15, 0.2) is 0 Å². The van der Waals surface area contributed by atoms with Gasteiger partial charge < -0.3 is 4.74 Å². The minimum atomic E-state index is -0.575. The van der Waals surface area contributed by atoms with Crippen molar-refractivity contribution in [2.75, 3.05) is 0 Å². The van der Waals surface area contributed by atoms with Gasteiger partial charge in [0, 0.05) is 10.7 Å². The SMILES string of the molecule is Cc1ccc(C=NC(=O)OC(C)(C)C)cc1Br. The zero-order valence-electron chi connectivity index (χ0n) is 10.5. The molecule has 17 heavy (non-hydrogen) atoms. The molecule has 1 aromatic carbocycles. The second-order valence-electron chi connectivity index (χ2n) is 4.75. The molecular formula is C13H16BrNO2. The van der Waals surface area contributed by atoms with Gasteiger partial charge in [0.2, 0.25) is 0 Å². The first-order valence-electron chi connectivity index (χ1n) is 5.31. The van der Waals surface area contributed by atoms with E-state index in [2.05, 4.69) is 20.9 Å². The Hall–Kier alpha value is -1.16. The largest absolute Gasteiger partial charge is 0.442 e. The average molecular weight is 298 g/mol. The van der Waals surface area contributed by atoms with Crippen LogP contribution in [0.4, 0.5) is 4.79 Å². The van der Waals surface area contributed by atoms with Gasteiger partial charge in [0.05, 0.1) is 0 Å². The number of aliphatic imine (C=N–C) groups is 1. The molecule has 0 bridgehead atoms. The van der Waals surface area contributed by atoms with Crippen molar-refractivity contribution in [2.24, 2.45) is 4.99 Å². The lowest BCUT2D eigenvalue weighted by Gasteiger charge is -2.17. The van der Waals surface area contributed by atoms with Crippen LogP contribution < -0.4 is 0 Å². The van der Waals surface area contributed by atoms with Crippen molar-refractivity contribution in [2.45, 2.75) is 33.3 Å². The fourth-order valence-electron chi connectivity index (χ4n) is 1.10. The van der Waals surface area contributed by atoms with Crippen LogP contribution in [0, 0.1) is 6.92 Å². The van der Waals surface area contributed by atoms with Crippen molar-refractivity contribution < 1.29 is 9.53 Å². The molecule has 1 rings (SSSR count). The summed E-state index contributed by atoms with van der Waals surface area (Å²) in [6.45, 7) is 7.42.